The number of hydrogen-bond donors (Lipinski definition) is 0. The largest absolute Gasteiger partial charge is 0.346 e. The van der Waals surface area contributed by atoms with E-state index in [1.54, 1.807) is 0 Å². The van der Waals surface area contributed by atoms with Crippen molar-refractivity contribution in [2.75, 3.05) is 13.2 Å². The predicted octanol–water partition coefficient (Wildman–Crippen LogP) is 2.11. The lowest BCUT2D eigenvalue weighted by Gasteiger charge is -2.08. The summed E-state index contributed by atoms with van der Waals surface area (Å²) in [6.07, 6.45) is 4.44. The van der Waals surface area contributed by atoms with E-state index in [1.807, 2.05) is 0 Å². The molecule has 0 aromatic heterocycles. The van der Waals surface area contributed by atoms with Crippen molar-refractivity contribution in [2.24, 2.45) is 0 Å². The van der Waals surface area contributed by atoms with Crippen LogP contribution in [0.15, 0.2) is 11.6 Å². The Kier molecular flexibility index (Phi) is 3.60. The quantitative estimate of drug-likeness (QED) is 0.582. The van der Waals surface area contributed by atoms with Crippen LogP contribution < -0.4 is 0 Å². The molecule has 64 valence electrons. The highest BCUT2D eigenvalue weighted by Gasteiger charge is 2.16. The smallest absolute Gasteiger partial charge is 0.179 e. The molecule has 0 amide bonds. The summed E-state index contributed by atoms with van der Waals surface area (Å²) in [5, 5.41) is 0. The van der Waals surface area contributed by atoms with Gasteiger partial charge in [0.1, 0.15) is 0 Å². The number of rotatable bonds is 3. The Morgan fingerprint density at radius 3 is 2.64 bits per heavy atom. The third kappa shape index (κ3) is 2.64. The molecule has 0 unspecified atom stereocenters. The van der Waals surface area contributed by atoms with E-state index in [4.69, 9.17) is 9.47 Å². The predicted molar refractivity (Wildman–Crippen MR) is 44.4 cm³/mol. The van der Waals surface area contributed by atoms with Gasteiger partial charge in [0, 0.05) is 0 Å². The van der Waals surface area contributed by atoms with Gasteiger partial charge in [-0.1, -0.05) is 19.4 Å². The summed E-state index contributed by atoms with van der Waals surface area (Å²) in [5.41, 5.74) is 1.21. The molecule has 11 heavy (non-hydrogen) atoms. The summed E-state index contributed by atoms with van der Waals surface area (Å²) in [4.78, 5) is 0. The number of hydrogen-bond acceptors (Lipinski definition) is 2. The first kappa shape index (κ1) is 8.75. The van der Waals surface area contributed by atoms with Gasteiger partial charge in [-0.3, -0.25) is 0 Å². The second-order valence-electron chi connectivity index (χ2n) is 2.81. The van der Waals surface area contributed by atoms with Crippen molar-refractivity contribution in [3.05, 3.63) is 11.6 Å². The maximum atomic E-state index is 5.32. The summed E-state index contributed by atoms with van der Waals surface area (Å²) in [7, 11) is 0. The molecule has 1 aliphatic heterocycles. The van der Waals surface area contributed by atoms with Gasteiger partial charge >= 0.3 is 0 Å². The highest BCUT2D eigenvalue weighted by Crippen LogP contribution is 2.13. The summed E-state index contributed by atoms with van der Waals surface area (Å²) in [5.74, 6) is 0. The molecule has 0 aliphatic carbocycles. The topological polar surface area (TPSA) is 18.5 Å². The normalized spacial score (nSPS) is 21.1. The Morgan fingerprint density at radius 1 is 1.45 bits per heavy atom. The van der Waals surface area contributed by atoms with E-state index in [1.165, 1.54) is 12.0 Å². The van der Waals surface area contributed by atoms with Crippen molar-refractivity contribution in [1.29, 1.82) is 0 Å². The van der Waals surface area contributed by atoms with E-state index in [0.717, 1.165) is 19.6 Å². The van der Waals surface area contributed by atoms with Gasteiger partial charge in [-0.25, -0.2) is 0 Å². The van der Waals surface area contributed by atoms with Crippen LogP contribution >= 0.6 is 0 Å². The molecule has 0 bridgehead atoms. The molecule has 0 radical (unpaired) electrons. The lowest BCUT2D eigenvalue weighted by molar-refractivity contribution is -0.0112. The van der Waals surface area contributed by atoms with Gasteiger partial charge < -0.3 is 9.47 Å². The minimum Gasteiger partial charge on any atom is -0.346 e. The molecule has 0 aromatic rings. The zero-order valence-corrected chi connectivity index (χ0v) is 7.30. The van der Waals surface area contributed by atoms with E-state index in [0.29, 0.717) is 0 Å². The third-order valence-corrected chi connectivity index (χ3v) is 1.75. The van der Waals surface area contributed by atoms with Crippen LogP contribution in [-0.4, -0.2) is 19.5 Å². The van der Waals surface area contributed by atoms with Crippen LogP contribution in [0.3, 0.4) is 0 Å². The summed E-state index contributed by atoms with van der Waals surface area (Å²) in [6, 6.07) is 0. The molecule has 0 atom stereocenters. The van der Waals surface area contributed by atoms with Gasteiger partial charge in [0.05, 0.1) is 13.2 Å². The van der Waals surface area contributed by atoms with Crippen LogP contribution in [0.1, 0.15) is 26.7 Å². The summed E-state index contributed by atoms with van der Waals surface area (Å²) < 4.78 is 10.6. The number of allylic oxidation sites excluding steroid dienone is 1. The molecule has 0 N–H and O–H groups in total. The van der Waals surface area contributed by atoms with Crippen molar-refractivity contribution in [3.8, 4) is 0 Å². The first-order valence-electron chi connectivity index (χ1n) is 4.24. The molecule has 2 heteroatoms. The van der Waals surface area contributed by atoms with E-state index in [2.05, 4.69) is 19.9 Å². The SMILES string of the molecule is CCC/C=C(/C)C1OCCO1. The Labute approximate surface area is 68.2 Å². The fourth-order valence-electron chi connectivity index (χ4n) is 1.09. The molecule has 0 saturated carbocycles. The summed E-state index contributed by atoms with van der Waals surface area (Å²) >= 11 is 0. The van der Waals surface area contributed by atoms with E-state index >= 15 is 0 Å². The first-order valence-corrected chi connectivity index (χ1v) is 4.24. The zero-order valence-electron chi connectivity index (χ0n) is 7.30. The van der Waals surface area contributed by atoms with Crippen LogP contribution in [0.5, 0.6) is 0 Å². The Morgan fingerprint density at radius 2 is 2.09 bits per heavy atom. The molecule has 1 saturated heterocycles. The molecule has 1 heterocycles. The molecule has 2 nitrogen and oxygen atoms in total. The Hall–Kier alpha value is -0.340. The molecule has 0 aromatic carbocycles. The molecule has 0 spiro atoms. The summed E-state index contributed by atoms with van der Waals surface area (Å²) in [6.45, 7) is 5.70. The van der Waals surface area contributed by atoms with Crippen LogP contribution in [0.2, 0.25) is 0 Å². The van der Waals surface area contributed by atoms with Crippen LogP contribution in [0.25, 0.3) is 0 Å². The van der Waals surface area contributed by atoms with Crippen LogP contribution in [0.4, 0.5) is 0 Å². The second kappa shape index (κ2) is 4.52. The van der Waals surface area contributed by atoms with Gasteiger partial charge in [0.15, 0.2) is 6.29 Å². The first-order chi connectivity index (χ1) is 5.34. The second-order valence-corrected chi connectivity index (χ2v) is 2.81. The zero-order chi connectivity index (χ0) is 8.10. The van der Waals surface area contributed by atoms with Crippen LogP contribution in [0, 0.1) is 0 Å². The standard InChI is InChI=1S/C9H16O2/c1-3-4-5-8(2)9-10-6-7-11-9/h5,9H,3-4,6-7H2,1-2H3/b8-5-. The maximum absolute atomic E-state index is 5.32. The van der Waals surface area contributed by atoms with Gasteiger partial charge in [-0.15, -0.1) is 0 Å². The van der Waals surface area contributed by atoms with Gasteiger partial charge in [0.2, 0.25) is 0 Å². The number of ether oxygens (including phenoxy) is 2. The minimum absolute atomic E-state index is 0.0541. The Balaban J connectivity index is 2.32. The van der Waals surface area contributed by atoms with E-state index < -0.39 is 0 Å². The van der Waals surface area contributed by atoms with Gasteiger partial charge in [0.25, 0.3) is 0 Å². The lowest BCUT2D eigenvalue weighted by atomic mass is 10.2. The average Bonchev–Trinajstić information content (AvgIpc) is 2.52. The molecule has 1 fully saturated rings. The number of unbranched alkanes of at least 4 members (excludes halogenated alkanes) is 1. The van der Waals surface area contributed by atoms with E-state index in [9.17, 15) is 0 Å². The van der Waals surface area contributed by atoms with Crippen LogP contribution in [-0.2, 0) is 9.47 Å². The van der Waals surface area contributed by atoms with Crippen molar-refractivity contribution < 1.29 is 9.47 Å². The average molecular weight is 156 g/mol. The minimum atomic E-state index is -0.0541. The van der Waals surface area contributed by atoms with Gasteiger partial charge in [-0.05, 0) is 18.9 Å². The van der Waals surface area contributed by atoms with Crippen molar-refractivity contribution in [3.63, 3.8) is 0 Å². The highest BCUT2D eigenvalue weighted by molar-refractivity contribution is 5.02. The Bertz CT molecular complexity index is 134. The molecular weight excluding hydrogens is 140 g/mol. The maximum Gasteiger partial charge on any atom is 0.179 e. The fourth-order valence-corrected chi connectivity index (χ4v) is 1.09. The van der Waals surface area contributed by atoms with Gasteiger partial charge in [-0.2, -0.15) is 0 Å². The van der Waals surface area contributed by atoms with E-state index in [-0.39, 0.29) is 6.29 Å². The fraction of sp³-hybridized carbons (Fsp3) is 0.778. The highest BCUT2D eigenvalue weighted by atomic mass is 16.7. The molecule has 1 aliphatic rings. The third-order valence-electron chi connectivity index (χ3n) is 1.75. The van der Waals surface area contributed by atoms with Crippen molar-refractivity contribution in [1.82, 2.24) is 0 Å². The molecule has 1 rings (SSSR count). The van der Waals surface area contributed by atoms with Crippen molar-refractivity contribution >= 4 is 0 Å². The van der Waals surface area contributed by atoms with Crippen molar-refractivity contribution in [2.45, 2.75) is 33.0 Å². The monoisotopic (exact) mass is 156 g/mol. The molecular formula is C9H16O2. The lowest BCUT2D eigenvalue weighted by Crippen LogP contribution is -2.08.